The van der Waals surface area contributed by atoms with E-state index in [1.54, 1.807) is 6.20 Å². The fourth-order valence-electron chi connectivity index (χ4n) is 2.30. The first-order valence-electron chi connectivity index (χ1n) is 5.95. The molecule has 0 aromatic carbocycles. The summed E-state index contributed by atoms with van der Waals surface area (Å²) in [7, 11) is 0. The highest BCUT2D eigenvalue weighted by Crippen LogP contribution is 2.26. The summed E-state index contributed by atoms with van der Waals surface area (Å²) in [5.74, 6) is 1.59. The van der Waals surface area contributed by atoms with Crippen molar-refractivity contribution in [1.29, 1.82) is 0 Å². The summed E-state index contributed by atoms with van der Waals surface area (Å²) in [6.45, 7) is 0.959. The summed E-state index contributed by atoms with van der Waals surface area (Å²) in [5.41, 5.74) is 5.98. The number of nitrogens with two attached hydrogens (primary N) is 1. The lowest BCUT2D eigenvalue weighted by atomic mass is 9.86. The number of pyridine rings is 1. The van der Waals surface area contributed by atoms with Gasteiger partial charge in [0.05, 0.1) is 4.47 Å². The minimum absolute atomic E-state index is 0.386. The number of nitrogens with zero attached hydrogens (tertiary/aromatic N) is 1. The number of aromatic nitrogens is 1. The number of hydrogen-bond acceptors (Lipinski definition) is 3. The molecule has 0 spiro atoms. The topological polar surface area (TPSA) is 50.9 Å². The third-order valence-corrected chi connectivity index (χ3v) is 4.23. The fourth-order valence-corrected chi connectivity index (χ4v) is 3.43. The molecule has 1 aromatic rings. The van der Waals surface area contributed by atoms with Crippen LogP contribution in [0.5, 0.6) is 0 Å². The number of hydrogen-bond donors (Lipinski definition) is 2. The van der Waals surface area contributed by atoms with Gasteiger partial charge in [0.1, 0.15) is 5.82 Å². The molecular weight excluding hydrogens is 346 g/mol. The Hall–Kier alpha value is -0.130. The molecule has 17 heavy (non-hydrogen) atoms. The third-order valence-electron chi connectivity index (χ3n) is 3.19. The molecule has 1 aromatic heterocycles. The van der Waals surface area contributed by atoms with Crippen LogP contribution in [0.4, 0.5) is 5.82 Å². The SMILES string of the molecule is NC1CCCC(CNc2ncc(Br)cc2Br)C1. The highest BCUT2D eigenvalue weighted by atomic mass is 79.9. The van der Waals surface area contributed by atoms with Crippen molar-refractivity contribution in [2.45, 2.75) is 31.7 Å². The second-order valence-corrected chi connectivity index (χ2v) is 6.43. The highest BCUT2D eigenvalue weighted by Gasteiger charge is 2.19. The van der Waals surface area contributed by atoms with Crippen molar-refractivity contribution in [2.24, 2.45) is 11.7 Å². The molecule has 1 fully saturated rings. The maximum Gasteiger partial charge on any atom is 0.140 e. The Morgan fingerprint density at radius 1 is 1.41 bits per heavy atom. The Morgan fingerprint density at radius 3 is 2.94 bits per heavy atom. The van der Waals surface area contributed by atoms with E-state index in [2.05, 4.69) is 42.2 Å². The minimum Gasteiger partial charge on any atom is -0.369 e. The van der Waals surface area contributed by atoms with E-state index in [1.165, 1.54) is 19.3 Å². The molecule has 3 nitrogen and oxygen atoms in total. The van der Waals surface area contributed by atoms with Crippen molar-refractivity contribution < 1.29 is 0 Å². The van der Waals surface area contributed by atoms with Crippen molar-refractivity contribution >= 4 is 37.7 Å². The van der Waals surface area contributed by atoms with Crippen LogP contribution in [0.15, 0.2) is 21.2 Å². The molecule has 1 heterocycles. The third kappa shape index (κ3) is 3.93. The van der Waals surface area contributed by atoms with Crippen LogP contribution in [-0.2, 0) is 0 Å². The van der Waals surface area contributed by atoms with Crippen LogP contribution >= 0.6 is 31.9 Å². The number of rotatable bonds is 3. The lowest BCUT2D eigenvalue weighted by Crippen LogP contribution is -2.31. The second-order valence-electron chi connectivity index (χ2n) is 4.66. The average molecular weight is 363 g/mol. The molecule has 1 aliphatic rings. The van der Waals surface area contributed by atoms with Gasteiger partial charge < -0.3 is 11.1 Å². The Kier molecular flexibility index (Phi) is 4.82. The number of nitrogens with one attached hydrogen (secondary N) is 1. The molecule has 3 N–H and O–H groups in total. The Balaban J connectivity index is 1.88. The fraction of sp³-hybridized carbons (Fsp3) is 0.583. The molecule has 2 atom stereocenters. The molecule has 5 heteroatoms. The first-order valence-corrected chi connectivity index (χ1v) is 7.54. The molecule has 0 radical (unpaired) electrons. The van der Waals surface area contributed by atoms with Crippen LogP contribution in [0.3, 0.4) is 0 Å². The van der Waals surface area contributed by atoms with Crippen LogP contribution in [0, 0.1) is 5.92 Å². The summed E-state index contributed by atoms with van der Waals surface area (Å²) in [6, 6.07) is 2.39. The quantitative estimate of drug-likeness (QED) is 0.864. The maximum atomic E-state index is 5.98. The van der Waals surface area contributed by atoms with Gasteiger partial charge in [-0.3, -0.25) is 0 Å². The minimum atomic E-state index is 0.386. The number of halogens is 2. The van der Waals surface area contributed by atoms with Gasteiger partial charge in [0.25, 0.3) is 0 Å². The molecule has 0 aliphatic heterocycles. The zero-order valence-electron chi connectivity index (χ0n) is 9.63. The molecule has 0 saturated heterocycles. The molecule has 94 valence electrons. The standard InChI is InChI=1S/C12H17Br2N3/c13-9-5-11(14)12(17-7-9)16-6-8-2-1-3-10(15)4-8/h5,7-8,10H,1-4,6,15H2,(H,16,17). The molecule has 1 saturated carbocycles. The lowest BCUT2D eigenvalue weighted by molar-refractivity contribution is 0.335. The summed E-state index contributed by atoms with van der Waals surface area (Å²) >= 11 is 6.90. The van der Waals surface area contributed by atoms with E-state index in [0.717, 1.165) is 27.7 Å². The average Bonchev–Trinajstić information content (AvgIpc) is 2.28. The van der Waals surface area contributed by atoms with Crippen LogP contribution in [-0.4, -0.2) is 17.6 Å². The first kappa shape index (κ1) is 13.3. The van der Waals surface area contributed by atoms with Gasteiger partial charge in [-0.05, 0) is 63.1 Å². The van der Waals surface area contributed by atoms with Gasteiger partial charge in [0, 0.05) is 23.3 Å². The molecule has 0 amide bonds. The predicted molar refractivity (Wildman–Crippen MR) is 78.1 cm³/mol. The Bertz CT molecular complexity index is 384. The van der Waals surface area contributed by atoms with E-state index in [-0.39, 0.29) is 0 Å². The van der Waals surface area contributed by atoms with Gasteiger partial charge in [-0.25, -0.2) is 4.98 Å². The smallest absolute Gasteiger partial charge is 0.140 e. The lowest BCUT2D eigenvalue weighted by Gasteiger charge is -2.26. The van der Waals surface area contributed by atoms with E-state index >= 15 is 0 Å². The molecule has 2 unspecified atom stereocenters. The van der Waals surface area contributed by atoms with Crippen molar-refractivity contribution in [3.63, 3.8) is 0 Å². The largest absolute Gasteiger partial charge is 0.369 e. The molecule has 0 bridgehead atoms. The van der Waals surface area contributed by atoms with Gasteiger partial charge in [-0.15, -0.1) is 0 Å². The first-order chi connectivity index (χ1) is 8.15. The zero-order chi connectivity index (χ0) is 12.3. The van der Waals surface area contributed by atoms with Gasteiger partial charge in [-0.1, -0.05) is 6.42 Å². The van der Waals surface area contributed by atoms with E-state index < -0.39 is 0 Å². The van der Waals surface area contributed by atoms with Gasteiger partial charge in [0.2, 0.25) is 0 Å². The number of anilines is 1. The maximum absolute atomic E-state index is 5.98. The van der Waals surface area contributed by atoms with Crippen molar-refractivity contribution in [2.75, 3.05) is 11.9 Å². The van der Waals surface area contributed by atoms with Crippen molar-refractivity contribution in [3.05, 3.63) is 21.2 Å². The molecule has 2 rings (SSSR count). The van der Waals surface area contributed by atoms with Crippen LogP contribution in [0.25, 0.3) is 0 Å². The predicted octanol–water partition coefficient (Wildman–Crippen LogP) is 3.54. The van der Waals surface area contributed by atoms with Crippen LogP contribution < -0.4 is 11.1 Å². The van der Waals surface area contributed by atoms with E-state index in [4.69, 9.17) is 5.73 Å². The van der Waals surface area contributed by atoms with Crippen LogP contribution in [0.2, 0.25) is 0 Å². The van der Waals surface area contributed by atoms with Crippen molar-refractivity contribution in [1.82, 2.24) is 4.98 Å². The Morgan fingerprint density at radius 2 is 2.24 bits per heavy atom. The summed E-state index contributed by atoms with van der Waals surface area (Å²) < 4.78 is 1.97. The normalized spacial score (nSPS) is 24.6. The van der Waals surface area contributed by atoms with Gasteiger partial charge in [0.15, 0.2) is 0 Å². The van der Waals surface area contributed by atoms with Crippen LogP contribution in [0.1, 0.15) is 25.7 Å². The van der Waals surface area contributed by atoms with E-state index in [0.29, 0.717) is 12.0 Å². The summed E-state index contributed by atoms with van der Waals surface area (Å²) in [4.78, 5) is 4.35. The monoisotopic (exact) mass is 361 g/mol. The summed E-state index contributed by atoms with van der Waals surface area (Å²) in [6.07, 6.45) is 6.63. The van der Waals surface area contributed by atoms with Crippen molar-refractivity contribution in [3.8, 4) is 0 Å². The van der Waals surface area contributed by atoms with E-state index in [1.807, 2.05) is 6.07 Å². The second kappa shape index (κ2) is 6.16. The Labute approximate surface area is 119 Å². The van der Waals surface area contributed by atoms with Gasteiger partial charge >= 0.3 is 0 Å². The highest BCUT2D eigenvalue weighted by molar-refractivity contribution is 9.11. The van der Waals surface area contributed by atoms with E-state index in [9.17, 15) is 0 Å². The zero-order valence-corrected chi connectivity index (χ0v) is 12.8. The molecular formula is C12H17Br2N3. The van der Waals surface area contributed by atoms with Gasteiger partial charge in [-0.2, -0.15) is 0 Å². The molecule has 1 aliphatic carbocycles. The summed E-state index contributed by atoms with van der Waals surface area (Å²) in [5, 5.41) is 3.40.